The van der Waals surface area contributed by atoms with E-state index < -0.39 is 11.0 Å². The van der Waals surface area contributed by atoms with Crippen molar-refractivity contribution < 1.29 is 20.1 Å². The number of hydrogen-bond acceptors (Lipinski definition) is 5. The molecule has 1 aromatic rings. The zero-order valence-corrected chi connectivity index (χ0v) is 11.7. The van der Waals surface area contributed by atoms with Crippen molar-refractivity contribution >= 4 is 5.78 Å². The van der Waals surface area contributed by atoms with E-state index in [-0.39, 0.29) is 29.7 Å². The van der Waals surface area contributed by atoms with Crippen LogP contribution in [0.5, 0.6) is 11.5 Å². The van der Waals surface area contributed by atoms with Gasteiger partial charge in [0.1, 0.15) is 5.78 Å². The fourth-order valence-corrected chi connectivity index (χ4v) is 4.81. The molecule has 1 aromatic carbocycles. The zero-order chi connectivity index (χ0) is 14.8. The van der Waals surface area contributed by atoms with E-state index >= 15 is 0 Å². The maximum absolute atomic E-state index is 12.1. The van der Waals surface area contributed by atoms with Gasteiger partial charge in [0.15, 0.2) is 11.5 Å². The first-order valence-corrected chi connectivity index (χ1v) is 7.50. The molecule has 0 aromatic heterocycles. The molecule has 0 spiro atoms. The Morgan fingerprint density at radius 3 is 2.86 bits per heavy atom. The fraction of sp³-hybridized carbons (Fsp3) is 0.562. The summed E-state index contributed by atoms with van der Waals surface area (Å²) in [4.78, 5) is 12.1. The number of Topliss-reactive ketones (excluding diaryl/α,β-unsaturated/α-hetero) is 1. The van der Waals surface area contributed by atoms with Crippen LogP contribution in [0.1, 0.15) is 36.8 Å². The summed E-state index contributed by atoms with van der Waals surface area (Å²) >= 11 is 0. The van der Waals surface area contributed by atoms with E-state index in [2.05, 4.69) is 5.32 Å². The topological polar surface area (TPSA) is 89.8 Å². The number of aromatic hydroxyl groups is 2. The maximum atomic E-state index is 12.1. The van der Waals surface area contributed by atoms with Gasteiger partial charge in [-0.1, -0.05) is 6.07 Å². The van der Waals surface area contributed by atoms with Gasteiger partial charge in [-0.15, -0.1) is 0 Å². The lowest BCUT2D eigenvalue weighted by Crippen LogP contribution is -2.72. The standard InChI is InChI=1S/C16H19NO4/c18-10-3-4-16(21)12-7-9-1-2-11(19)14(20)13(9)15(16,8-10)5-6-17-12/h1-2,12,17,19-21H,3-8H2/t12-,15-,16?/m1/s1. The Morgan fingerprint density at radius 2 is 2.05 bits per heavy atom. The SMILES string of the molecule is O=C1CCC2(O)[C@H]3Cc4ccc(O)c(O)c4[C@@]2(CCN3)C1. The Hall–Kier alpha value is -1.59. The van der Waals surface area contributed by atoms with Gasteiger partial charge in [0.05, 0.1) is 5.60 Å². The highest BCUT2D eigenvalue weighted by Gasteiger charge is 2.63. The predicted molar refractivity (Wildman–Crippen MR) is 75.4 cm³/mol. The molecule has 0 radical (unpaired) electrons. The van der Waals surface area contributed by atoms with E-state index in [1.54, 1.807) is 6.07 Å². The van der Waals surface area contributed by atoms with Gasteiger partial charge in [0, 0.05) is 29.9 Å². The average Bonchev–Trinajstić information content (AvgIpc) is 2.43. The van der Waals surface area contributed by atoms with E-state index in [4.69, 9.17) is 0 Å². The quantitative estimate of drug-likeness (QED) is 0.529. The maximum Gasteiger partial charge on any atom is 0.161 e. The van der Waals surface area contributed by atoms with E-state index in [0.717, 1.165) is 5.56 Å². The van der Waals surface area contributed by atoms with Gasteiger partial charge in [0.25, 0.3) is 0 Å². The third-order valence-electron chi connectivity index (χ3n) is 5.78. The normalized spacial score (nSPS) is 37.8. The number of fused-ring (bicyclic) bond motifs is 1. The first-order valence-electron chi connectivity index (χ1n) is 7.50. The Labute approximate surface area is 122 Å². The second kappa shape index (κ2) is 3.99. The van der Waals surface area contributed by atoms with Crippen LogP contribution < -0.4 is 5.32 Å². The molecule has 2 bridgehead atoms. The van der Waals surface area contributed by atoms with Gasteiger partial charge in [-0.3, -0.25) is 4.79 Å². The van der Waals surface area contributed by atoms with Gasteiger partial charge in [-0.05, 0) is 37.4 Å². The minimum absolute atomic E-state index is 0.101. The summed E-state index contributed by atoms with van der Waals surface area (Å²) in [6, 6.07) is 3.18. The van der Waals surface area contributed by atoms with Crippen LogP contribution in [0.3, 0.4) is 0 Å². The molecular weight excluding hydrogens is 270 g/mol. The summed E-state index contributed by atoms with van der Waals surface area (Å²) in [5.74, 6) is -0.225. The van der Waals surface area contributed by atoms with Crippen molar-refractivity contribution in [2.24, 2.45) is 0 Å². The highest BCUT2D eigenvalue weighted by molar-refractivity contribution is 5.83. The molecule has 1 aliphatic heterocycles. The van der Waals surface area contributed by atoms with Gasteiger partial charge in [0.2, 0.25) is 0 Å². The third kappa shape index (κ3) is 1.45. The smallest absolute Gasteiger partial charge is 0.161 e. The molecule has 1 saturated carbocycles. The molecule has 4 N–H and O–H groups in total. The Morgan fingerprint density at radius 1 is 1.24 bits per heavy atom. The molecule has 1 saturated heterocycles. The third-order valence-corrected chi connectivity index (χ3v) is 5.78. The van der Waals surface area contributed by atoms with E-state index in [9.17, 15) is 20.1 Å². The highest BCUT2D eigenvalue weighted by Crippen LogP contribution is 2.58. The number of phenols is 2. The van der Waals surface area contributed by atoms with E-state index in [1.807, 2.05) is 0 Å². The lowest BCUT2D eigenvalue weighted by atomic mass is 9.49. The van der Waals surface area contributed by atoms with Crippen LogP contribution in [-0.2, 0) is 16.6 Å². The van der Waals surface area contributed by atoms with Crippen molar-refractivity contribution in [3.8, 4) is 11.5 Å². The average molecular weight is 289 g/mol. The number of piperidine rings is 1. The molecule has 0 amide bonds. The first kappa shape index (κ1) is 13.1. The van der Waals surface area contributed by atoms with Crippen LogP contribution in [0.15, 0.2) is 12.1 Å². The van der Waals surface area contributed by atoms with Crippen LogP contribution in [0, 0.1) is 0 Å². The van der Waals surface area contributed by atoms with Crippen molar-refractivity contribution in [3.05, 3.63) is 23.3 Å². The van der Waals surface area contributed by atoms with Crippen molar-refractivity contribution in [1.82, 2.24) is 5.32 Å². The molecule has 1 unspecified atom stereocenters. The Balaban J connectivity index is 2.02. The monoisotopic (exact) mass is 289 g/mol. The summed E-state index contributed by atoms with van der Waals surface area (Å²) in [7, 11) is 0. The van der Waals surface area contributed by atoms with Crippen LogP contribution in [0.4, 0.5) is 0 Å². The second-order valence-electron chi connectivity index (χ2n) is 6.65. The largest absolute Gasteiger partial charge is 0.504 e. The summed E-state index contributed by atoms with van der Waals surface area (Å²) in [5, 5.41) is 35.0. The number of hydrogen-bond donors (Lipinski definition) is 4. The number of carbonyl (C=O) groups excluding carboxylic acids is 1. The molecule has 5 heteroatoms. The fourth-order valence-electron chi connectivity index (χ4n) is 4.81. The number of rotatable bonds is 0. The molecule has 2 aliphatic carbocycles. The van der Waals surface area contributed by atoms with Gasteiger partial charge in [-0.2, -0.15) is 0 Å². The lowest BCUT2D eigenvalue weighted by Gasteiger charge is -2.60. The highest BCUT2D eigenvalue weighted by atomic mass is 16.3. The molecule has 2 fully saturated rings. The van der Waals surface area contributed by atoms with Crippen molar-refractivity contribution in [3.63, 3.8) is 0 Å². The summed E-state index contributed by atoms with van der Waals surface area (Å²) in [5.41, 5.74) is -0.288. The second-order valence-corrected chi connectivity index (χ2v) is 6.65. The number of carbonyl (C=O) groups is 1. The molecule has 21 heavy (non-hydrogen) atoms. The number of phenolic OH excluding ortho intramolecular Hbond substituents is 2. The minimum atomic E-state index is -1.03. The Bertz CT molecular complexity index is 643. The number of benzene rings is 1. The zero-order valence-electron chi connectivity index (χ0n) is 11.7. The molecule has 5 nitrogen and oxygen atoms in total. The lowest BCUT2D eigenvalue weighted by molar-refractivity contribution is -0.149. The van der Waals surface area contributed by atoms with E-state index in [1.165, 1.54) is 6.07 Å². The van der Waals surface area contributed by atoms with Crippen LogP contribution in [0.2, 0.25) is 0 Å². The van der Waals surface area contributed by atoms with Gasteiger partial charge in [-0.25, -0.2) is 0 Å². The van der Waals surface area contributed by atoms with Crippen molar-refractivity contribution in [2.45, 2.75) is 49.2 Å². The summed E-state index contributed by atoms with van der Waals surface area (Å²) < 4.78 is 0. The molecule has 4 rings (SSSR count). The van der Waals surface area contributed by atoms with Crippen LogP contribution >= 0.6 is 0 Å². The van der Waals surface area contributed by atoms with Crippen molar-refractivity contribution in [1.29, 1.82) is 0 Å². The number of nitrogens with one attached hydrogen (secondary N) is 1. The minimum Gasteiger partial charge on any atom is -0.504 e. The number of aliphatic hydroxyl groups is 1. The molecular formula is C16H19NO4. The predicted octanol–water partition coefficient (Wildman–Crippen LogP) is 0.738. The summed E-state index contributed by atoms with van der Waals surface area (Å²) in [6.45, 7) is 0.703. The Kier molecular flexibility index (Phi) is 2.49. The summed E-state index contributed by atoms with van der Waals surface area (Å²) in [6.07, 6.45) is 2.24. The number of ketones is 1. The van der Waals surface area contributed by atoms with Gasteiger partial charge < -0.3 is 20.6 Å². The molecule has 1 heterocycles. The molecule has 3 atom stereocenters. The van der Waals surface area contributed by atoms with Crippen LogP contribution in [0.25, 0.3) is 0 Å². The molecule has 112 valence electrons. The van der Waals surface area contributed by atoms with Gasteiger partial charge >= 0.3 is 0 Å². The van der Waals surface area contributed by atoms with Crippen molar-refractivity contribution in [2.75, 3.05) is 6.54 Å². The molecule has 3 aliphatic rings. The van der Waals surface area contributed by atoms with Crippen LogP contribution in [-0.4, -0.2) is 39.3 Å². The van der Waals surface area contributed by atoms with E-state index in [0.29, 0.717) is 37.8 Å². The first-order chi connectivity index (χ1) is 9.98.